The van der Waals surface area contributed by atoms with Crippen molar-refractivity contribution in [3.05, 3.63) is 106 Å². The number of hydrogen-bond acceptors (Lipinski definition) is 4. The van der Waals surface area contributed by atoms with Gasteiger partial charge >= 0.3 is 0 Å². The van der Waals surface area contributed by atoms with Gasteiger partial charge in [-0.15, -0.1) is 0 Å². The van der Waals surface area contributed by atoms with Crippen molar-refractivity contribution in [3.63, 3.8) is 0 Å². The molecule has 1 aromatic carbocycles. The normalized spacial score (nSPS) is 19.0. The van der Waals surface area contributed by atoms with Gasteiger partial charge in [-0.25, -0.2) is 0 Å². The van der Waals surface area contributed by atoms with Crippen molar-refractivity contribution < 1.29 is 4.79 Å². The van der Waals surface area contributed by atoms with E-state index >= 15 is 0 Å². The standard InChI is InChI=1S/C24H19N3O2/c28-15-20(16-9-11-25-12-10-16)18-5-3-13-27(24(18)29)23-14-19(23)22-8-7-17-4-1-2-6-21(17)26-22/h1-13,15,19-20,23H,14H2. The highest BCUT2D eigenvalue weighted by Crippen LogP contribution is 2.50. The van der Waals surface area contributed by atoms with Gasteiger partial charge in [-0.1, -0.05) is 30.3 Å². The molecule has 0 radical (unpaired) electrons. The summed E-state index contributed by atoms with van der Waals surface area (Å²) < 4.78 is 1.76. The maximum absolute atomic E-state index is 13.2. The Morgan fingerprint density at radius 3 is 2.66 bits per heavy atom. The van der Waals surface area contributed by atoms with Crippen LogP contribution in [0.2, 0.25) is 0 Å². The molecule has 0 spiro atoms. The average Bonchev–Trinajstić information content (AvgIpc) is 3.56. The van der Waals surface area contributed by atoms with E-state index in [2.05, 4.69) is 11.1 Å². The fraction of sp³-hybridized carbons (Fsp3) is 0.167. The first kappa shape index (κ1) is 17.5. The molecule has 3 aromatic heterocycles. The molecule has 3 unspecified atom stereocenters. The van der Waals surface area contributed by atoms with E-state index in [0.29, 0.717) is 5.56 Å². The van der Waals surface area contributed by atoms with Gasteiger partial charge in [0.2, 0.25) is 0 Å². The van der Waals surface area contributed by atoms with Gasteiger partial charge in [-0.3, -0.25) is 14.8 Å². The molecule has 5 heteroatoms. The van der Waals surface area contributed by atoms with Gasteiger partial charge in [0.15, 0.2) is 0 Å². The van der Waals surface area contributed by atoms with E-state index in [9.17, 15) is 9.59 Å². The van der Waals surface area contributed by atoms with Crippen LogP contribution < -0.4 is 5.56 Å². The minimum absolute atomic E-state index is 0.0702. The van der Waals surface area contributed by atoms with Gasteiger partial charge in [-0.2, -0.15) is 0 Å². The maximum atomic E-state index is 13.2. The molecule has 0 bridgehead atoms. The maximum Gasteiger partial charge on any atom is 0.255 e. The predicted molar refractivity (Wildman–Crippen MR) is 111 cm³/mol. The van der Waals surface area contributed by atoms with Crippen LogP contribution in [-0.2, 0) is 4.79 Å². The molecular formula is C24H19N3O2. The zero-order chi connectivity index (χ0) is 19.8. The highest BCUT2D eigenvalue weighted by molar-refractivity contribution is 5.78. The van der Waals surface area contributed by atoms with Crippen molar-refractivity contribution in [2.24, 2.45) is 0 Å². The number of carbonyl (C=O) groups excluding carboxylic acids is 1. The summed E-state index contributed by atoms with van der Waals surface area (Å²) in [6.07, 6.45) is 6.78. The third kappa shape index (κ3) is 3.14. The second-order valence-electron chi connectivity index (χ2n) is 7.41. The molecule has 1 fully saturated rings. The molecule has 3 atom stereocenters. The number of hydrogen-bond donors (Lipinski definition) is 0. The molecule has 0 N–H and O–H groups in total. The van der Waals surface area contributed by atoms with Crippen molar-refractivity contribution in [2.75, 3.05) is 0 Å². The lowest BCUT2D eigenvalue weighted by molar-refractivity contribution is -0.108. The molecule has 3 heterocycles. The molecule has 1 saturated carbocycles. The van der Waals surface area contributed by atoms with Crippen molar-refractivity contribution in [1.82, 2.24) is 14.5 Å². The Bertz CT molecular complexity index is 1250. The van der Waals surface area contributed by atoms with Gasteiger partial charge in [0.1, 0.15) is 6.29 Å². The topological polar surface area (TPSA) is 64.8 Å². The molecule has 0 aliphatic heterocycles. The third-order valence-electron chi connectivity index (χ3n) is 5.65. The summed E-state index contributed by atoms with van der Waals surface area (Å²) in [6, 6.07) is 19.4. The van der Waals surface area contributed by atoms with Gasteiger partial charge in [-0.05, 0) is 42.3 Å². The monoisotopic (exact) mass is 381 g/mol. The Labute approximate surface area is 167 Å². The molecule has 0 saturated heterocycles. The summed E-state index contributed by atoms with van der Waals surface area (Å²) in [6.45, 7) is 0. The van der Waals surface area contributed by atoms with Crippen LogP contribution in [0.5, 0.6) is 0 Å². The van der Waals surface area contributed by atoms with Crippen molar-refractivity contribution in [1.29, 1.82) is 0 Å². The lowest BCUT2D eigenvalue weighted by atomic mass is 9.94. The van der Waals surface area contributed by atoms with E-state index in [1.165, 1.54) is 0 Å². The number of benzene rings is 1. The number of carbonyl (C=O) groups is 1. The van der Waals surface area contributed by atoms with Crippen molar-refractivity contribution >= 4 is 17.2 Å². The first-order valence-corrected chi connectivity index (χ1v) is 9.68. The van der Waals surface area contributed by atoms with E-state index in [0.717, 1.165) is 34.9 Å². The molecule has 5 rings (SSSR count). The van der Waals surface area contributed by atoms with Gasteiger partial charge in [0.25, 0.3) is 5.56 Å². The molecule has 29 heavy (non-hydrogen) atoms. The quantitative estimate of drug-likeness (QED) is 0.493. The Kier molecular flexibility index (Phi) is 4.28. The minimum atomic E-state index is -0.589. The van der Waals surface area contributed by atoms with Crippen LogP contribution in [0.4, 0.5) is 0 Å². The Morgan fingerprint density at radius 1 is 1.00 bits per heavy atom. The molecule has 0 amide bonds. The summed E-state index contributed by atoms with van der Waals surface area (Å²) in [7, 11) is 0. The van der Waals surface area contributed by atoms with Crippen LogP contribution in [0.25, 0.3) is 10.9 Å². The zero-order valence-electron chi connectivity index (χ0n) is 15.7. The minimum Gasteiger partial charge on any atom is -0.312 e. The largest absolute Gasteiger partial charge is 0.312 e. The van der Waals surface area contributed by atoms with E-state index in [4.69, 9.17) is 4.98 Å². The van der Waals surface area contributed by atoms with Crippen molar-refractivity contribution in [2.45, 2.75) is 24.3 Å². The smallest absolute Gasteiger partial charge is 0.255 e. The number of pyridine rings is 3. The van der Waals surface area contributed by atoms with Crippen LogP contribution in [0.15, 0.2) is 84.0 Å². The summed E-state index contributed by atoms with van der Waals surface area (Å²) >= 11 is 0. The van der Waals surface area contributed by atoms with Crippen LogP contribution in [-0.4, -0.2) is 20.8 Å². The molecule has 1 aliphatic carbocycles. The Balaban J connectivity index is 1.47. The predicted octanol–water partition coefficient (Wildman–Crippen LogP) is 3.85. The first-order chi connectivity index (χ1) is 14.3. The number of rotatable bonds is 5. The molecule has 1 aliphatic rings. The SMILES string of the molecule is O=CC(c1ccncc1)c1cccn(C2CC2c2ccc3ccccc3n2)c1=O. The van der Waals surface area contributed by atoms with Gasteiger partial charge < -0.3 is 9.36 Å². The zero-order valence-corrected chi connectivity index (χ0v) is 15.7. The Morgan fingerprint density at radius 2 is 1.83 bits per heavy atom. The summed E-state index contributed by atoms with van der Waals surface area (Å²) in [4.78, 5) is 33.7. The number of fused-ring (bicyclic) bond motifs is 1. The van der Waals surface area contributed by atoms with E-state index < -0.39 is 5.92 Å². The van der Waals surface area contributed by atoms with Crippen molar-refractivity contribution in [3.8, 4) is 0 Å². The first-order valence-electron chi connectivity index (χ1n) is 9.68. The highest BCUT2D eigenvalue weighted by atomic mass is 16.1. The lowest BCUT2D eigenvalue weighted by Crippen LogP contribution is -2.25. The second-order valence-corrected chi connectivity index (χ2v) is 7.41. The molecule has 142 valence electrons. The van der Waals surface area contributed by atoms with Crippen LogP contribution in [0.1, 0.15) is 41.1 Å². The van der Waals surface area contributed by atoms with E-state index in [1.807, 2.05) is 42.6 Å². The lowest BCUT2D eigenvalue weighted by Gasteiger charge is -2.13. The van der Waals surface area contributed by atoms with E-state index in [-0.39, 0.29) is 17.5 Å². The van der Waals surface area contributed by atoms with Crippen LogP contribution >= 0.6 is 0 Å². The molecular weight excluding hydrogens is 362 g/mol. The fourth-order valence-corrected chi connectivity index (χ4v) is 4.02. The van der Waals surface area contributed by atoms with Crippen LogP contribution in [0.3, 0.4) is 0 Å². The number of nitrogens with zero attached hydrogens (tertiary/aromatic N) is 3. The second kappa shape index (κ2) is 7.09. The van der Waals surface area contributed by atoms with Gasteiger partial charge in [0.05, 0.1) is 11.4 Å². The molecule has 4 aromatic rings. The number of aldehydes is 1. The summed E-state index contributed by atoms with van der Waals surface area (Å²) in [5.41, 5.74) is 3.12. The van der Waals surface area contributed by atoms with E-state index in [1.54, 1.807) is 35.2 Å². The Hall–Kier alpha value is -3.60. The average molecular weight is 381 g/mol. The number of aromatic nitrogens is 3. The highest BCUT2D eigenvalue weighted by Gasteiger charge is 2.42. The molecule has 5 nitrogen and oxygen atoms in total. The van der Waals surface area contributed by atoms with Crippen LogP contribution in [0, 0.1) is 0 Å². The third-order valence-corrected chi connectivity index (χ3v) is 5.65. The van der Waals surface area contributed by atoms with Gasteiger partial charge in [0, 0.05) is 47.2 Å². The summed E-state index contributed by atoms with van der Waals surface area (Å²) in [5, 5.41) is 1.11. The fourth-order valence-electron chi connectivity index (χ4n) is 4.02. The number of para-hydroxylation sites is 1. The summed E-state index contributed by atoms with van der Waals surface area (Å²) in [5.74, 6) is -0.378.